The SMILES string of the molecule is CC(=O)c1ccc(NC(=S)Nc2cccc(SCC(=O)Nc3ccc(C(N)=O)cc3)c2)cc1. The normalized spacial score (nSPS) is 10.2. The van der Waals surface area contributed by atoms with Crippen LogP contribution in [0, 0.1) is 0 Å². The van der Waals surface area contributed by atoms with Gasteiger partial charge in [-0.25, -0.2) is 0 Å². The van der Waals surface area contributed by atoms with E-state index in [0.29, 0.717) is 21.9 Å². The Balaban J connectivity index is 1.50. The summed E-state index contributed by atoms with van der Waals surface area (Å²) in [6, 6.07) is 21.0. The summed E-state index contributed by atoms with van der Waals surface area (Å²) in [6.45, 7) is 1.52. The molecule has 2 amide bonds. The highest BCUT2D eigenvalue weighted by molar-refractivity contribution is 8.00. The molecule has 7 nitrogen and oxygen atoms in total. The molecule has 0 saturated carbocycles. The number of ketones is 1. The molecule has 9 heteroatoms. The zero-order chi connectivity index (χ0) is 23.8. The Morgan fingerprint density at radius 3 is 2.00 bits per heavy atom. The summed E-state index contributed by atoms with van der Waals surface area (Å²) in [5.74, 6) is -0.466. The summed E-state index contributed by atoms with van der Waals surface area (Å²) in [5.41, 5.74) is 8.37. The number of Topliss-reactive ketones (excluding diaryl/α,β-unsaturated/α-hetero) is 1. The Hall–Kier alpha value is -3.69. The first-order valence-electron chi connectivity index (χ1n) is 9.92. The number of anilines is 3. The minimum Gasteiger partial charge on any atom is -0.366 e. The van der Waals surface area contributed by atoms with Gasteiger partial charge in [0, 0.05) is 33.1 Å². The number of nitrogens with two attached hydrogens (primary N) is 1. The Bertz CT molecular complexity index is 1180. The zero-order valence-corrected chi connectivity index (χ0v) is 19.4. The molecule has 0 radical (unpaired) electrons. The molecule has 0 aliphatic heterocycles. The maximum atomic E-state index is 12.2. The van der Waals surface area contributed by atoms with E-state index in [1.54, 1.807) is 48.5 Å². The molecular weight excluding hydrogens is 456 g/mol. The first kappa shape index (κ1) is 24.0. The van der Waals surface area contributed by atoms with E-state index >= 15 is 0 Å². The van der Waals surface area contributed by atoms with Crippen molar-refractivity contribution in [3.8, 4) is 0 Å². The van der Waals surface area contributed by atoms with Crippen LogP contribution in [-0.2, 0) is 4.79 Å². The molecule has 0 heterocycles. The van der Waals surface area contributed by atoms with Crippen LogP contribution in [0.25, 0.3) is 0 Å². The molecule has 0 fully saturated rings. The molecule has 0 aliphatic carbocycles. The van der Waals surface area contributed by atoms with E-state index in [9.17, 15) is 14.4 Å². The lowest BCUT2D eigenvalue weighted by Crippen LogP contribution is -2.19. The van der Waals surface area contributed by atoms with E-state index in [4.69, 9.17) is 18.0 Å². The molecule has 0 bridgehead atoms. The molecule has 0 aromatic heterocycles. The Labute approximate surface area is 201 Å². The lowest BCUT2D eigenvalue weighted by molar-refractivity contribution is -0.113. The number of thiocarbonyl (C=S) groups is 1. The van der Waals surface area contributed by atoms with Gasteiger partial charge in [-0.05, 0) is 85.9 Å². The van der Waals surface area contributed by atoms with Gasteiger partial charge >= 0.3 is 0 Å². The summed E-state index contributed by atoms with van der Waals surface area (Å²) < 4.78 is 0. The third-order valence-corrected chi connectivity index (χ3v) is 5.66. The summed E-state index contributed by atoms with van der Waals surface area (Å²) in [5, 5.41) is 9.38. The maximum Gasteiger partial charge on any atom is 0.248 e. The van der Waals surface area contributed by atoms with E-state index in [-0.39, 0.29) is 17.4 Å². The number of thioether (sulfide) groups is 1. The van der Waals surface area contributed by atoms with Gasteiger partial charge in [-0.15, -0.1) is 11.8 Å². The number of nitrogens with one attached hydrogen (secondary N) is 3. The van der Waals surface area contributed by atoms with Crippen LogP contribution in [-0.4, -0.2) is 28.5 Å². The van der Waals surface area contributed by atoms with E-state index in [2.05, 4.69) is 16.0 Å². The third kappa shape index (κ3) is 7.44. The zero-order valence-electron chi connectivity index (χ0n) is 17.8. The summed E-state index contributed by atoms with van der Waals surface area (Å²) >= 11 is 6.74. The third-order valence-electron chi connectivity index (χ3n) is 4.46. The van der Waals surface area contributed by atoms with Crippen LogP contribution in [0.5, 0.6) is 0 Å². The van der Waals surface area contributed by atoms with Gasteiger partial charge in [0.15, 0.2) is 10.9 Å². The quantitative estimate of drug-likeness (QED) is 0.214. The summed E-state index contributed by atoms with van der Waals surface area (Å²) in [7, 11) is 0. The predicted octanol–water partition coefficient (Wildman–Crippen LogP) is 4.53. The fourth-order valence-electron chi connectivity index (χ4n) is 2.81. The molecule has 0 atom stereocenters. The molecule has 168 valence electrons. The van der Waals surface area contributed by atoms with Gasteiger partial charge in [0.2, 0.25) is 11.8 Å². The van der Waals surface area contributed by atoms with Gasteiger partial charge < -0.3 is 21.7 Å². The number of primary amides is 1. The van der Waals surface area contributed by atoms with Crippen molar-refractivity contribution < 1.29 is 14.4 Å². The van der Waals surface area contributed by atoms with Crippen LogP contribution in [0.15, 0.2) is 77.7 Å². The maximum absolute atomic E-state index is 12.2. The molecule has 0 spiro atoms. The Kier molecular flexibility index (Phi) is 8.17. The lowest BCUT2D eigenvalue weighted by Gasteiger charge is -2.12. The van der Waals surface area contributed by atoms with Crippen molar-refractivity contribution in [2.75, 3.05) is 21.7 Å². The van der Waals surface area contributed by atoms with Crippen molar-refractivity contribution in [1.29, 1.82) is 0 Å². The van der Waals surface area contributed by atoms with Gasteiger partial charge in [-0.3, -0.25) is 14.4 Å². The summed E-state index contributed by atoms with van der Waals surface area (Å²) in [6.07, 6.45) is 0. The van der Waals surface area contributed by atoms with Gasteiger partial charge in [0.05, 0.1) is 5.75 Å². The second-order valence-electron chi connectivity index (χ2n) is 7.02. The molecule has 0 unspecified atom stereocenters. The highest BCUT2D eigenvalue weighted by Crippen LogP contribution is 2.22. The number of hydrogen-bond acceptors (Lipinski definition) is 5. The molecule has 0 aliphatic rings. The van der Waals surface area contributed by atoms with Crippen molar-refractivity contribution in [3.05, 3.63) is 83.9 Å². The molecule has 3 aromatic rings. The standard InChI is InChI=1S/C24H22N4O3S2/c1-15(29)16-5-9-19(10-6-16)27-24(32)28-20-3-2-4-21(13-20)33-14-22(30)26-18-11-7-17(8-12-18)23(25)31/h2-13H,14H2,1H3,(H2,25,31)(H,26,30)(H2,27,28,32). The largest absolute Gasteiger partial charge is 0.366 e. The number of hydrogen-bond donors (Lipinski definition) is 4. The van der Waals surface area contributed by atoms with Crippen LogP contribution in [0.2, 0.25) is 0 Å². The van der Waals surface area contributed by atoms with E-state index in [0.717, 1.165) is 16.3 Å². The Morgan fingerprint density at radius 2 is 1.39 bits per heavy atom. The van der Waals surface area contributed by atoms with Gasteiger partial charge in [-0.2, -0.15) is 0 Å². The Morgan fingerprint density at radius 1 is 0.818 bits per heavy atom. The molecule has 33 heavy (non-hydrogen) atoms. The molecule has 3 aromatic carbocycles. The second kappa shape index (κ2) is 11.3. The van der Waals surface area contributed by atoms with Crippen molar-refractivity contribution in [2.24, 2.45) is 5.73 Å². The van der Waals surface area contributed by atoms with Crippen molar-refractivity contribution in [1.82, 2.24) is 0 Å². The van der Waals surface area contributed by atoms with Crippen molar-refractivity contribution >= 4 is 63.8 Å². The highest BCUT2D eigenvalue weighted by atomic mass is 32.2. The fraction of sp³-hybridized carbons (Fsp3) is 0.0833. The molecular formula is C24H22N4O3S2. The number of amides is 2. The first-order chi connectivity index (χ1) is 15.8. The van der Waals surface area contributed by atoms with Crippen molar-refractivity contribution in [2.45, 2.75) is 11.8 Å². The lowest BCUT2D eigenvalue weighted by atomic mass is 10.1. The first-order valence-corrected chi connectivity index (χ1v) is 11.3. The molecule has 0 saturated heterocycles. The summed E-state index contributed by atoms with van der Waals surface area (Å²) in [4.78, 5) is 35.6. The number of carbonyl (C=O) groups is 3. The monoisotopic (exact) mass is 478 g/mol. The van der Waals surface area contributed by atoms with Gasteiger partial charge in [0.25, 0.3) is 0 Å². The fourth-order valence-corrected chi connectivity index (χ4v) is 3.80. The van der Waals surface area contributed by atoms with E-state index < -0.39 is 5.91 Å². The predicted molar refractivity (Wildman–Crippen MR) is 137 cm³/mol. The molecule has 5 N–H and O–H groups in total. The molecule has 3 rings (SSSR count). The van der Waals surface area contributed by atoms with Crippen LogP contribution in [0.1, 0.15) is 27.6 Å². The average Bonchev–Trinajstić information content (AvgIpc) is 2.78. The topological polar surface area (TPSA) is 113 Å². The number of rotatable bonds is 8. The highest BCUT2D eigenvalue weighted by Gasteiger charge is 2.07. The van der Waals surface area contributed by atoms with Crippen molar-refractivity contribution in [3.63, 3.8) is 0 Å². The number of carbonyl (C=O) groups excluding carboxylic acids is 3. The van der Waals surface area contributed by atoms with E-state index in [1.807, 2.05) is 24.3 Å². The smallest absolute Gasteiger partial charge is 0.248 e. The van der Waals surface area contributed by atoms with E-state index in [1.165, 1.54) is 18.7 Å². The number of benzene rings is 3. The van der Waals surface area contributed by atoms with Crippen LogP contribution in [0.3, 0.4) is 0 Å². The van der Waals surface area contributed by atoms with Crippen LogP contribution in [0.4, 0.5) is 17.1 Å². The van der Waals surface area contributed by atoms with Crippen LogP contribution >= 0.6 is 24.0 Å². The minimum atomic E-state index is -0.516. The second-order valence-corrected chi connectivity index (χ2v) is 8.48. The van der Waals surface area contributed by atoms with Gasteiger partial charge in [-0.1, -0.05) is 6.07 Å². The average molecular weight is 479 g/mol. The minimum absolute atomic E-state index is 0.00578. The van der Waals surface area contributed by atoms with Gasteiger partial charge in [0.1, 0.15) is 0 Å². The van der Waals surface area contributed by atoms with Crippen LogP contribution < -0.4 is 21.7 Å².